The summed E-state index contributed by atoms with van der Waals surface area (Å²) in [6.45, 7) is 5.15. The zero-order chi connectivity index (χ0) is 8.10. The molecule has 1 aromatic heterocycles. The van der Waals surface area contributed by atoms with Gasteiger partial charge in [0.1, 0.15) is 12.0 Å². The monoisotopic (exact) mass is 151 g/mol. The van der Waals surface area contributed by atoms with Crippen molar-refractivity contribution in [2.24, 2.45) is 5.16 Å². The van der Waals surface area contributed by atoms with E-state index in [9.17, 15) is 0 Å². The van der Waals surface area contributed by atoms with Crippen molar-refractivity contribution in [3.8, 4) is 0 Å². The average molecular weight is 151 g/mol. The van der Waals surface area contributed by atoms with Crippen molar-refractivity contribution in [2.45, 2.75) is 6.92 Å². The molecule has 11 heavy (non-hydrogen) atoms. The lowest BCUT2D eigenvalue weighted by atomic mass is 10.3. The minimum absolute atomic E-state index is 0.690. The van der Waals surface area contributed by atoms with Crippen molar-refractivity contribution in [3.05, 3.63) is 37.0 Å². The van der Waals surface area contributed by atoms with Crippen LogP contribution in [0.3, 0.4) is 0 Å². The van der Waals surface area contributed by atoms with Gasteiger partial charge >= 0.3 is 0 Å². The third-order valence-corrected chi connectivity index (χ3v) is 1.14. The van der Waals surface area contributed by atoms with E-state index in [2.05, 4.69) is 16.6 Å². The summed E-state index contributed by atoms with van der Waals surface area (Å²) in [5.41, 5.74) is 0.690. The summed E-state index contributed by atoms with van der Waals surface area (Å²) >= 11 is 0. The van der Waals surface area contributed by atoms with Crippen LogP contribution in [-0.4, -0.2) is 5.71 Å². The van der Waals surface area contributed by atoms with Gasteiger partial charge in [0.25, 0.3) is 0 Å². The standard InChI is InChI=1S/C8H9NO2/c1-3-11-9-7(2)8-5-4-6-10-8/h3-6H,1H2,2H3. The number of rotatable bonds is 3. The van der Waals surface area contributed by atoms with Crippen molar-refractivity contribution in [3.63, 3.8) is 0 Å². The Kier molecular flexibility index (Phi) is 2.49. The first-order chi connectivity index (χ1) is 5.34. The molecule has 3 heteroatoms. The summed E-state index contributed by atoms with van der Waals surface area (Å²) in [5, 5.41) is 3.69. The van der Waals surface area contributed by atoms with E-state index in [4.69, 9.17) is 4.42 Å². The first-order valence-corrected chi connectivity index (χ1v) is 3.20. The fourth-order valence-electron chi connectivity index (χ4n) is 0.646. The molecule has 1 rings (SSSR count). The van der Waals surface area contributed by atoms with Gasteiger partial charge in [-0.05, 0) is 19.1 Å². The molecule has 0 aliphatic carbocycles. The zero-order valence-corrected chi connectivity index (χ0v) is 6.28. The Morgan fingerprint density at radius 3 is 3.18 bits per heavy atom. The van der Waals surface area contributed by atoms with Gasteiger partial charge in [0.15, 0.2) is 5.76 Å². The lowest BCUT2D eigenvalue weighted by Crippen LogP contribution is -1.91. The number of hydrogen-bond acceptors (Lipinski definition) is 3. The quantitative estimate of drug-likeness (QED) is 0.377. The molecule has 0 spiro atoms. The smallest absolute Gasteiger partial charge is 0.151 e. The summed E-state index contributed by atoms with van der Waals surface area (Å²) in [7, 11) is 0. The molecule has 0 amide bonds. The second-order valence-corrected chi connectivity index (χ2v) is 1.93. The molecule has 0 saturated carbocycles. The third-order valence-electron chi connectivity index (χ3n) is 1.14. The maximum absolute atomic E-state index is 5.05. The molecule has 0 aliphatic heterocycles. The maximum atomic E-state index is 5.05. The molecule has 1 heterocycles. The van der Waals surface area contributed by atoms with Gasteiger partial charge in [-0.3, -0.25) is 0 Å². The van der Waals surface area contributed by atoms with Crippen molar-refractivity contribution in [2.75, 3.05) is 0 Å². The van der Waals surface area contributed by atoms with E-state index < -0.39 is 0 Å². The normalized spacial score (nSPS) is 11.2. The number of hydrogen-bond donors (Lipinski definition) is 0. The van der Waals surface area contributed by atoms with Gasteiger partial charge in [0, 0.05) is 0 Å². The molecule has 0 aliphatic rings. The van der Waals surface area contributed by atoms with Crippen LogP contribution in [0, 0.1) is 0 Å². The van der Waals surface area contributed by atoms with E-state index in [1.54, 1.807) is 19.3 Å². The highest BCUT2D eigenvalue weighted by Crippen LogP contribution is 2.01. The van der Waals surface area contributed by atoms with Crippen molar-refractivity contribution < 1.29 is 9.25 Å². The topological polar surface area (TPSA) is 34.7 Å². The lowest BCUT2D eigenvalue weighted by molar-refractivity contribution is 0.269. The van der Waals surface area contributed by atoms with E-state index in [1.807, 2.05) is 6.07 Å². The van der Waals surface area contributed by atoms with E-state index >= 15 is 0 Å². The fourth-order valence-corrected chi connectivity index (χ4v) is 0.646. The van der Waals surface area contributed by atoms with Gasteiger partial charge in [-0.2, -0.15) is 0 Å². The van der Waals surface area contributed by atoms with Crippen LogP contribution in [0.15, 0.2) is 40.8 Å². The number of nitrogens with zero attached hydrogens (tertiary/aromatic N) is 1. The Morgan fingerprint density at radius 2 is 2.64 bits per heavy atom. The molecular weight excluding hydrogens is 142 g/mol. The summed E-state index contributed by atoms with van der Waals surface area (Å²) in [5.74, 6) is 0.701. The molecule has 0 fully saturated rings. The van der Waals surface area contributed by atoms with Gasteiger partial charge < -0.3 is 9.25 Å². The number of oxime groups is 1. The van der Waals surface area contributed by atoms with Gasteiger partial charge in [-0.25, -0.2) is 0 Å². The maximum Gasteiger partial charge on any atom is 0.151 e. The molecule has 0 atom stereocenters. The Bertz CT molecular complexity index is 249. The van der Waals surface area contributed by atoms with Crippen LogP contribution < -0.4 is 0 Å². The Labute approximate surface area is 65.0 Å². The highest BCUT2D eigenvalue weighted by molar-refractivity contribution is 5.95. The minimum Gasteiger partial charge on any atom is -0.463 e. The molecule has 1 aromatic rings. The molecule has 0 radical (unpaired) electrons. The lowest BCUT2D eigenvalue weighted by Gasteiger charge is -1.92. The molecule has 58 valence electrons. The summed E-state index contributed by atoms with van der Waals surface area (Å²) < 4.78 is 5.05. The van der Waals surface area contributed by atoms with Crippen molar-refractivity contribution >= 4 is 5.71 Å². The number of furan rings is 1. The first kappa shape index (κ1) is 7.60. The fraction of sp³-hybridized carbons (Fsp3) is 0.125. The molecule has 0 bridgehead atoms. The highest BCUT2D eigenvalue weighted by Gasteiger charge is 1.98. The van der Waals surface area contributed by atoms with E-state index in [1.165, 1.54) is 6.26 Å². The van der Waals surface area contributed by atoms with E-state index in [0.29, 0.717) is 11.5 Å². The van der Waals surface area contributed by atoms with Crippen LogP contribution >= 0.6 is 0 Å². The second kappa shape index (κ2) is 3.61. The van der Waals surface area contributed by atoms with E-state index in [0.717, 1.165) is 0 Å². The van der Waals surface area contributed by atoms with Crippen LogP contribution in [-0.2, 0) is 4.84 Å². The van der Waals surface area contributed by atoms with Crippen molar-refractivity contribution in [1.29, 1.82) is 0 Å². The SMILES string of the molecule is C=CON=C(C)c1ccco1. The summed E-state index contributed by atoms with van der Waals surface area (Å²) in [4.78, 5) is 4.61. The highest BCUT2D eigenvalue weighted by atomic mass is 16.6. The third kappa shape index (κ3) is 1.97. The summed E-state index contributed by atoms with van der Waals surface area (Å²) in [6.07, 6.45) is 2.84. The van der Waals surface area contributed by atoms with Crippen LogP contribution in [0.25, 0.3) is 0 Å². The Morgan fingerprint density at radius 1 is 1.82 bits per heavy atom. The second-order valence-electron chi connectivity index (χ2n) is 1.93. The predicted molar refractivity (Wildman–Crippen MR) is 42.2 cm³/mol. The minimum atomic E-state index is 0.690. The van der Waals surface area contributed by atoms with E-state index in [-0.39, 0.29) is 0 Å². The largest absolute Gasteiger partial charge is 0.463 e. The van der Waals surface area contributed by atoms with Gasteiger partial charge in [-0.1, -0.05) is 11.7 Å². The molecular formula is C8H9NO2. The molecule has 3 nitrogen and oxygen atoms in total. The average Bonchev–Trinajstić information content (AvgIpc) is 2.52. The first-order valence-electron chi connectivity index (χ1n) is 3.20. The van der Waals surface area contributed by atoms with Crippen molar-refractivity contribution in [1.82, 2.24) is 0 Å². The van der Waals surface area contributed by atoms with Gasteiger partial charge in [0.05, 0.1) is 6.26 Å². The van der Waals surface area contributed by atoms with Gasteiger partial charge in [-0.15, -0.1) is 0 Å². The van der Waals surface area contributed by atoms with Gasteiger partial charge in [0.2, 0.25) is 0 Å². The van der Waals surface area contributed by atoms with Crippen LogP contribution in [0.5, 0.6) is 0 Å². The molecule has 0 saturated heterocycles. The Balaban J connectivity index is 2.68. The molecule has 0 aromatic carbocycles. The van der Waals surface area contributed by atoms with Crippen LogP contribution in [0.1, 0.15) is 12.7 Å². The van der Waals surface area contributed by atoms with Crippen LogP contribution in [0.2, 0.25) is 0 Å². The Hall–Kier alpha value is -1.51. The molecule has 0 N–H and O–H groups in total. The predicted octanol–water partition coefficient (Wildman–Crippen LogP) is 2.16. The molecule has 0 unspecified atom stereocenters. The summed E-state index contributed by atoms with van der Waals surface area (Å²) in [6, 6.07) is 3.60. The van der Waals surface area contributed by atoms with Crippen LogP contribution in [0.4, 0.5) is 0 Å². The zero-order valence-electron chi connectivity index (χ0n) is 6.28.